The molecule has 5 aromatic rings. The Morgan fingerprint density at radius 3 is 2.93 bits per heavy atom. The minimum Gasteiger partial charge on any atom is -0.457 e. The van der Waals surface area contributed by atoms with Gasteiger partial charge in [-0.1, -0.05) is 6.58 Å². The van der Waals surface area contributed by atoms with Gasteiger partial charge in [-0.2, -0.15) is 5.10 Å². The Hall–Kier alpha value is -5.13. The molecule has 2 aliphatic rings. The van der Waals surface area contributed by atoms with Gasteiger partial charge in [-0.25, -0.2) is 28.8 Å². The first-order valence-electron chi connectivity index (χ1n) is 13.3. The van der Waals surface area contributed by atoms with Crippen molar-refractivity contribution in [1.29, 1.82) is 0 Å². The highest BCUT2D eigenvalue weighted by Gasteiger charge is 2.41. The number of amides is 1. The molecule has 2 bridgehead atoms. The third-order valence-electron chi connectivity index (χ3n) is 7.83. The number of carbonyl (C=O) groups excluding carboxylic acids is 1. The normalized spacial score (nSPS) is 18.2. The van der Waals surface area contributed by atoms with Crippen LogP contribution in [0.4, 0.5) is 21.7 Å². The maximum atomic E-state index is 15.6. The summed E-state index contributed by atoms with van der Waals surface area (Å²) in [6, 6.07) is 11.0. The summed E-state index contributed by atoms with van der Waals surface area (Å²) in [5.41, 5.74) is 2.38. The van der Waals surface area contributed by atoms with Crippen LogP contribution in [-0.2, 0) is 4.79 Å². The second kappa shape index (κ2) is 9.81. The molecule has 6 heterocycles. The molecule has 2 fully saturated rings. The first kappa shape index (κ1) is 24.9. The Bertz CT molecular complexity index is 1820. The summed E-state index contributed by atoms with van der Waals surface area (Å²) in [5, 5.41) is 7.19. The summed E-state index contributed by atoms with van der Waals surface area (Å²) >= 11 is 0. The molecular formula is C29H26FN9O2. The number of carbonyl (C=O) groups is 1. The van der Waals surface area contributed by atoms with Gasteiger partial charge >= 0.3 is 0 Å². The number of halogens is 1. The molecular weight excluding hydrogens is 525 g/mol. The standard InChI is InChI=1S/C29H26FN9O2/c1-3-26(40)37-10-8-18-12-19(37)14-38(18)24-7-5-22-28(36-24)29(33-15-31-22)35-21-4-6-23(17(2)27(21)30)41-20-9-11-39-25(13-20)32-16-34-39/h3-7,9,11,13,15-16,18-19H,1,8,10,12,14H2,2H3,(H,31,33,35)/t18-,19+/m1/s1. The molecule has 41 heavy (non-hydrogen) atoms. The zero-order chi connectivity index (χ0) is 28.1. The third kappa shape index (κ3) is 4.37. The van der Waals surface area contributed by atoms with Gasteiger partial charge in [0.25, 0.3) is 0 Å². The van der Waals surface area contributed by atoms with Crippen molar-refractivity contribution < 1.29 is 13.9 Å². The van der Waals surface area contributed by atoms with E-state index in [0.717, 1.165) is 18.7 Å². The fourth-order valence-corrected chi connectivity index (χ4v) is 5.72. The van der Waals surface area contributed by atoms with Crippen LogP contribution in [0, 0.1) is 12.7 Å². The van der Waals surface area contributed by atoms with E-state index in [2.05, 4.69) is 36.8 Å². The number of pyridine rings is 2. The fourth-order valence-electron chi connectivity index (χ4n) is 5.72. The molecule has 2 aliphatic heterocycles. The number of ether oxygens (including phenoxy) is 1. The van der Waals surface area contributed by atoms with Crippen LogP contribution in [0.5, 0.6) is 11.5 Å². The first-order chi connectivity index (χ1) is 20.0. The van der Waals surface area contributed by atoms with Crippen LogP contribution in [0.3, 0.4) is 0 Å². The number of anilines is 3. The average molecular weight is 552 g/mol. The Kier molecular flexibility index (Phi) is 5.95. The molecule has 0 spiro atoms. The molecule has 0 saturated carbocycles. The van der Waals surface area contributed by atoms with Crippen molar-refractivity contribution in [2.24, 2.45) is 0 Å². The number of rotatable bonds is 6. The lowest BCUT2D eigenvalue weighted by molar-refractivity contribution is -0.128. The molecule has 0 unspecified atom stereocenters. The van der Waals surface area contributed by atoms with E-state index in [4.69, 9.17) is 9.72 Å². The van der Waals surface area contributed by atoms with Crippen molar-refractivity contribution in [2.75, 3.05) is 23.3 Å². The summed E-state index contributed by atoms with van der Waals surface area (Å²) in [4.78, 5) is 34.2. The number of nitrogens with zero attached hydrogens (tertiary/aromatic N) is 8. The van der Waals surface area contributed by atoms with Crippen molar-refractivity contribution in [1.82, 2.24) is 34.4 Å². The van der Waals surface area contributed by atoms with Crippen molar-refractivity contribution in [3.63, 3.8) is 0 Å². The molecule has 4 aromatic heterocycles. The van der Waals surface area contributed by atoms with Crippen LogP contribution >= 0.6 is 0 Å². The van der Waals surface area contributed by atoms with Gasteiger partial charge in [0.15, 0.2) is 17.3 Å². The molecule has 2 saturated heterocycles. The lowest BCUT2D eigenvalue weighted by Gasteiger charge is -2.31. The Morgan fingerprint density at radius 2 is 2.05 bits per heavy atom. The molecule has 2 atom stereocenters. The largest absolute Gasteiger partial charge is 0.457 e. The summed E-state index contributed by atoms with van der Waals surface area (Å²) in [7, 11) is 0. The van der Waals surface area contributed by atoms with Crippen LogP contribution in [-0.4, -0.2) is 65.5 Å². The number of aromatic nitrogens is 6. The van der Waals surface area contributed by atoms with Gasteiger partial charge in [-0.3, -0.25) is 4.79 Å². The molecule has 206 valence electrons. The molecule has 0 radical (unpaired) electrons. The average Bonchev–Trinajstić information content (AvgIpc) is 3.60. The number of fused-ring (bicyclic) bond motifs is 4. The summed E-state index contributed by atoms with van der Waals surface area (Å²) in [6.45, 7) is 6.69. The maximum absolute atomic E-state index is 15.6. The van der Waals surface area contributed by atoms with Gasteiger partial charge in [0, 0.05) is 37.0 Å². The first-order valence-corrected chi connectivity index (χ1v) is 13.3. The van der Waals surface area contributed by atoms with E-state index in [1.807, 2.05) is 17.0 Å². The zero-order valence-corrected chi connectivity index (χ0v) is 22.2. The second-order valence-electron chi connectivity index (χ2n) is 10.2. The van der Waals surface area contributed by atoms with Crippen LogP contribution in [0.2, 0.25) is 0 Å². The maximum Gasteiger partial charge on any atom is 0.246 e. The predicted molar refractivity (Wildman–Crippen MR) is 151 cm³/mol. The summed E-state index contributed by atoms with van der Waals surface area (Å²) < 4.78 is 23.2. The lowest BCUT2D eigenvalue weighted by Crippen LogP contribution is -2.43. The van der Waals surface area contributed by atoms with Crippen molar-refractivity contribution in [3.05, 3.63) is 79.3 Å². The van der Waals surface area contributed by atoms with Gasteiger partial charge in [0.1, 0.15) is 35.5 Å². The zero-order valence-electron chi connectivity index (χ0n) is 22.2. The molecule has 0 aliphatic carbocycles. The van der Waals surface area contributed by atoms with Crippen LogP contribution in [0.1, 0.15) is 18.4 Å². The highest BCUT2D eigenvalue weighted by atomic mass is 19.1. The summed E-state index contributed by atoms with van der Waals surface area (Å²) in [5.74, 6) is 1.58. The Labute approximate surface area is 234 Å². The van der Waals surface area contributed by atoms with Gasteiger partial charge in [-0.05, 0) is 56.2 Å². The van der Waals surface area contributed by atoms with Gasteiger partial charge < -0.3 is 19.9 Å². The van der Waals surface area contributed by atoms with E-state index < -0.39 is 5.82 Å². The van der Waals surface area contributed by atoms with Crippen LogP contribution in [0.25, 0.3) is 16.7 Å². The predicted octanol–water partition coefficient (Wildman–Crippen LogP) is 4.42. The molecule has 1 N–H and O–H groups in total. The van der Waals surface area contributed by atoms with E-state index >= 15 is 4.39 Å². The molecule has 1 aromatic carbocycles. The molecule has 1 amide bonds. The van der Waals surface area contributed by atoms with E-state index in [1.54, 1.807) is 41.9 Å². The number of likely N-dealkylation sites (tertiary alicyclic amines) is 1. The Morgan fingerprint density at radius 1 is 1.15 bits per heavy atom. The van der Waals surface area contributed by atoms with E-state index in [0.29, 0.717) is 52.7 Å². The van der Waals surface area contributed by atoms with E-state index in [1.165, 1.54) is 18.7 Å². The highest BCUT2D eigenvalue weighted by Crippen LogP contribution is 2.36. The topological polar surface area (TPSA) is 114 Å². The Balaban J connectivity index is 1.15. The molecule has 11 nitrogen and oxygen atoms in total. The minimum atomic E-state index is -0.464. The monoisotopic (exact) mass is 551 g/mol. The van der Waals surface area contributed by atoms with Crippen LogP contribution in [0.15, 0.2) is 67.9 Å². The van der Waals surface area contributed by atoms with Gasteiger partial charge in [-0.15, -0.1) is 0 Å². The molecule has 7 rings (SSSR count). The minimum absolute atomic E-state index is 0.0354. The molecule has 12 heteroatoms. The SMILES string of the molecule is C=CC(=O)N1CC[C@@H]2C[C@H]1CN2c1ccc2ncnc(Nc3ccc(Oc4ccn5ncnc5c4)c(C)c3F)c2n1. The van der Waals surface area contributed by atoms with Crippen molar-refractivity contribution in [2.45, 2.75) is 31.8 Å². The van der Waals surface area contributed by atoms with Crippen molar-refractivity contribution in [3.8, 4) is 11.5 Å². The number of hydrogen-bond donors (Lipinski definition) is 1. The number of piperidine rings is 1. The third-order valence-corrected chi connectivity index (χ3v) is 7.83. The highest BCUT2D eigenvalue weighted by molar-refractivity contribution is 5.89. The van der Waals surface area contributed by atoms with Crippen molar-refractivity contribution >= 4 is 39.9 Å². The number of benzene rings is 1. The number of hydrogen-bond acceptors (Lipinski definition) is 9. The lowest BCUT2D eigenvalue weighted by atomic mass is 10.0. The van der Waals surface area contributed by atoms with Crippen LogP contribution < -0.4 is 15.0 Å². The summed E-state index contributed by atoms with van der Waals surface area (Å²) in [6.07, 6.45) is 7.74. The fraction of sp³-hybridized carbons (Fsp3) is 0.241. The van der Waals surface area contributed by atoms with Gasteiger partial charge in [0.2, 0.25) is 5.91 Å². The quantitative estimate of drug-likeness (QED) is 0.307. The smallest absolute Gasteiger partial charge is 0.246 e. The van der Waals surface area contributed by atoms with E-state index in [-0.39, 0.29) is 23.7 Å². The van der Waals surface area contributed by atoms with E-state index in [9.17, 15) is 4.79 Å². The second-order valence-corrected chi connectivity index (χ2v) is 10.2. The number of nitrogens with one attached hydrogen (secondary N) is 1. The van der Waals surface area contributed by atoms with Gasteiger partial charge in [0.05, 0.1) is 17.2 Å².